The molecule has 0 atom stereocenters. The van der Waals surface area contributed by atoms with Crippen LogP contribution < -0.4 is 10.9 Å². The van der Waals surface area contributed by atoms with Gasteiger partial charge in [0.1, 0.15) is 0 Å². The molecule has 3 aromatic rings. The number of amides is 1. The molecule has 1 aromatic heterocycles. The lowest BCUT2D eigenvalue weighted by atomic mass is 10.1. The van der Waals surface area contributed by atoms with E-state index in [2.05, 4.69) is 24.1 Å². The van der Waals surface area contributed by atoms with Gasteiger partial charge in [0.15, 0.2) is 5.16 Å². The maximum Gasteiger partial charge on any atom is 0.262 e. The molecule has 0 aliphatic heterocycles. The van der Waals surface area contributed by atoms with Gasteiger partial charge in [-0.1, -0.05) is 67.0 Å². The molecule has 1 heterocycles. The van der Waals surface area contributed by atoms with Crippen LogP contribution >= 0.6 is 35.0 Å². The van der Waals surface area contributed by atoms with Crippen molar-refractivity contribution in [3.05, 3.63) is 62.9 Å². The van der Waals surface area contributed by atoms with Gasteiger partial charge in [-0.25, -0.2) is 4.98 Å². The summed E-state index contributed by atoms with van der Waals surface area (Å²) >= 11 is 13.4. The predicted octanol–water partition coefficient (Wildman–Crippen LogP) is 5.48. The van der Waals surface area contributed by atoms with Crippen molar-refractivity contribution < 1.29 is 4.79 Å². The van der Waals surface area contributed by atoms with Crippen LogP contribution in [0.25, 0.3) is 10.9 Å². The van der Waals surface area contributed by atoms with Crippen LogP contribution in [-0.2, 0) is 11.3 Å². The van der Waals surface area contributed by atoms with E-state index >= 15 is 0 Å². The number of anilines is 1. The zero-order chi connectivity index (χ0) is 21.0. The van der Waals surface area contributed by atoms with E-state index < -0.39 is 0 Å². The van der Waals surface area contributed by atoms with Crippen molar-refractivity contribution in [3.63, 3.8) is 0 Å². The van der Waals surface area contributed by atoms with Gasteiger partial charge >= 0.3 is 0 Å². The van der Waals surface area contributed by atoms with Gasteiger partial charge in [0.05, 0.1) is 32.4 Å². The molecule has 0 bridgehead atoms. The molecule has 0 fully saturated rings. The van der Waals surface area contributed by atoms with Crippen LogP contribution in [0.3, 0.4) is 0 Å². The Labute approximate surface area is 183 Å². The number of benzene rings is 2. The minimum atomic E-state index is -0.275. The summed E-state index contributed by atoms with van der Waals surface area (Å²) in [6.45, 7) is 4.76. The van der Waals surface area contributed by atoms with Crippen molar-refractivity contribution in [1.82, 2.24) is 9.55 Å². The van der Waals surface area contributed by atoms with E-state index in [4.69, 9.17) is 23.2 Å². The Morgan fingerprint density at radius 2 is 1.83 bits per heavy atom. The smallest absolute Gasteiger partial charge is 0.262 e. The van der Waals surface area contributed by atoms with Crippen LogP contribution in [0.2, 0.25) is 10.0 Å². The van der Waals surface area contributed by atoms with Gasteiger partial charge in [-0.05, 0) is 36.6 Å². The van der Waals surface area contributed by atoms with Gasteiger partial charge in [0.25, 0.3) is 5.56 Å². The van der Waals surface area contributed by atoms with Crippen LogP contribution in [-0.4, -0.2) is 21.2 Å². The standard InChI is InChI=1S/C21H21Cl2N3O2S/c1-13(2)10-11-26-20(28)14-6-3-4-9-17(14)24-21(26)29-12-18(27)25-19-15(22)7-5-8-16(19)23/h3-9,13H,10-12H2,1-2H3,(H,25,27). The molecule has 0 saturated heterocycles. The molecule has 152 valence electrons. The van der Waals surface area contributed by atoms with E-state index in [0.717, 1.165) is 6.42 Å². The molecule has 3 rings (SSSR count). The lowest BCUT2D eigenvalue weighted by molar-refractivity contribution is -0.113. The number of rotatable bonds is 7. The Bertz CT molecular complexity index is 1080. The van der Waals surface area contributed by atoms with Crippen LogP contribution in [0.1, 0.15) is 20.3 Å². The van der Waals surface area contributed by atoms with Gasteiger partial charge in [0, 0.05) is 6.54 Å². The van der Waals surface area contributed by atoms with E-state index in [1.807, 2.05) is 12.1 Å². The van der Waals surface area contributed by atoms with Gasteiger partial charge in [-0.3, -0.25) is 14.2 Å². The fourth-order valence-electron chi connectivity index (χ4n) is 2.77. The van der Waals surface area contributed by atoms with Crippen LogP contribution in [0.5, 0.6) is 0 Å². The zero-order valence-electron chi connectivity index (χ0n) is 16.1. The third-order valence-electron chi connectivity index (χ3n) is 4.32. The van der Waals surface area contributed by atoms with Crippen molar-refractivity contribution in [1.29, 1.82) is 0 Å². The lowest BCUT2D eigenvalue weighted by Gasteiger charge is -2.14. The first-order chi connectivity index (χ1) is 13.9. The number of hydrogen-bond donors (Lipinski definition) is 1. The highest BCUT2D eigenvalue weighted by molar-refractivity contribution is 7.99. The highest BCUT2D eigenvalue weighted by Crippen LogP contribution is 2.30. The number of hydrogen-bond acceptors (Lipinski definition) is 4. The number of nitrogens with zero attached hydrogens (tertiary/aromatic N) is 2. The fraction of sp³-hybridized carbons (Fsp3) is 0.286. The van der Waals surface area contributed by atoms with Crippen LogP contribution in [0.4, 0.5) is 5.69 Å². The third-order valence-corrected chi connectivity index (χ3v) is 5.92. The molecule has 0 aliphatic rings. The van der Waals surface area contributed by atoms with Gasteiger partial charge in [-0.15, -0.1) is 0 Å². The average Bonchev–Trinajstić information content (AvgIpc) is 2.68. The Balaban J connectivity index is 1.83. The minimum absolute atomic E-state index is 0.0774. The molecule has 1 amide bonds. The van der Waals surface area contributed by atoms with Crippen molar-refractivity contribution in [2.24, 2.45) is 5.92 Å². The molecular formula is C21H21Cl2N3O2S. The summed E-state index contributed by atoms with van der Waals surface area (Å²) in [5.74, 6) is 0.244. The number of para-hydroxylation sites is 2. The molecule has 29 heavy (non-hydrogen) atoms. The first-order valence-electron chi connectivity index (χ1n) is 9.23. The summed E-state index contributed by atoms with van der Waals surface area (Å²) in [6, 6.07) is 12.3. The quantitative estimate of drug-likeness (QED) is 0.383. The Kier molecular flexibility index (Phi) is 7.22. The molecule has 2 aromatic carbocycles. The summed E-state index contributed by atoms with van der Waals surface area (Å²) in [5, 5.41) is 4.57. The maximum absolute atomic E-state index is 13.0. The average molecular weight is 450 g/mol. The second-order valence-electron chi connectivity index (χ2n) is 6.98. The van der Waals surface area contributed by atoms with Gasteiger partial charge in [-0.2, -0.15) is 0 Å². The Hall–Kier alpha value is -2.02. The number of halogens is 2. The first-order valence-corrected chi connectivity index (χ1v) is 11.0. The highest BCUT2D eigenvalue weighted by atomic mass is 35.5. The van der Waals surface area contributed by atoms with E-state index in [-0.39, 0.29) is 17.2 Å². The largest absolute Gasteiger partial charge is 0.323 e. The van der Waals surface area contributed by atoms with Crippen molar-refractivity contribution in [3.8, 4) is 0 Å². The summed E-state index contributed by atoms with van der Waals surface area (Å²) < 4.78 is 1.66. The van der Waals surface area contributed by atoms with E-state index in [1.54, 1.807) is 34.9 Å². The Morgan fingerprint density at radius 1 is 1.14 bits per heavy atom. The molecule has 0 unspecified atom stereocenters. The maximum atomic E-state index is 13.0. The number of carbonyl (C=O) groups excluding carboxylic acids is 1. The molecule has 0 spiro atoms. The molecule has 0 aliphatic carbocycles. The van der Waals surface area contributed by atoms with Crippen molar-refractivity contribution in [2.45, 2.75) is 32.0 Å². The molecular weight excluding hydrogens is 429 g/mol. The first kappa shape index (κ1) is 21.7. The second-order valence-corrected chi connectivity index (χ2v) is 8.74. The number of thioether (sulfide) groups is 1. The third kappa shape index (κ3) is 5.32. The minimum Gasteiger partial charge on any atom is -0.323 e. The lowest BCUT2D eigenvalue weighted by Crippen LogP contribution is -2.25. The molecule has 5 nitrogen and oxygen atoms in total. The van der Waals surface area contributed by atoms with Crippen LogP contribution in [0.15, 0.2) is 52.4 Å². The van der Waals surface area contributed by atoms with E-state index in [1.165, 1.54) is 11.8 Å². The summed E-state index contributed by atoms with van der Waals surface area (Å²) in [7, 11) is 0. The fourth-order valence-corrected chi connectivity index (χ4v) is 4.08. The van der Waals surface area contributed by atoms with Crippen LogP contribution in [0, 0.1) is 5.92 Å². The monoisotopic (exact) mass is 449 g/mol. The molecule has 8 heteroatoms. The summed E-state index contributed by atoms with van der Waals surface area (Å²) in [5.41, 5.74) is 0.911. The van der Waals surface area contributed by atoms with Crippen molar-refractivity contribution in [2.75, 3.05) is 11.1 Å². The second kappa shape index (κ2) is 9.65. The molecule has 0 saturated carbocycles. The summed E-state index contributed by atoms with van der Waals surface area (Å²) in [6.07, 6.45) is 0.842. The van der Waals surface area contributed by atoms with Gasteiger partial charge < -0.3 is 5.32 Å². The predicted molar refractivity (Wildman–Crippen MR) is 121 cm³/mol. The molecule has 0 radical (unpaired) electrons. The summed E-state index contributed by atoms with van der Waals surface area (Å²) in [4.78, 5) is 30.0. The van der Waals surface area contributed by atoms with Gasteiger partial charge in [0.2, 0.25) is 5.91 Å². The van der Waals surface area contributed by atoms with Crippen molar-refractivity contribution >= 4 is 57.5 Å². The Morgan fingerprint density at radius 3 is 2.52 bits per heavy atom. The van der Waals surface area contributed by atoms with E-state index in [0.29, 0.717) is 44.3 Å². The number of fused-ring (bicyclic) bond motifs is 1. The topological polar surface area (TPSA) is 64.0 Å². The SMILES string of the molecule is CC(C)CCn1c(SCC(=O)Nc2c(Cl)cccc2Cl)nc2ccccc2c1=O. The highest BCUT2D eigenvalue weighted by Gasteiger charge is 2.15. The number of nitrogens with one attached hydrogen (secondary N) is 1. The normalized spacial score (nSPS) is 11.2. The van der Waals surface area contributed by atoms with E-state index in [9.17, 15) is 9.59 Å². The molecule has 1 N–H and O–H groups in total. The zero-order valence-corrected chi connectivity index (χ0v) is 18.4. The number of aromatic nitrogens is 2. The number of carbonyl (C=O) groups is 1.